The van der Waals surface area contributed by atoms with Crippen LogP contribution in [0.5, 0.6) is 5.75 Å². The summed E-state index contributed by atoms with van der Waals surface area (Å²) in [6.07, 6.45) is 2.51. The number of ether oxygens (including phenoxy) is 1. The van der Waals surface area contributed by atoms with Gasteiger partial charge in [0.05, 0.1) is 10.2 Å². The maximum Gasteiger partial charge on any atom is 0.264 e. The van der Waals surface area contributed by atoms with E-state index < -0.39 is 6.10 Å². The smallest absolute Gasteiger partial charge is 0.264 e. The van der Waals surface area contributed by atoms with Gasteiger partial charge < -0.3 is 20.3 Å². The molecular formula is C25H27ClN4O3S. The number of rotatable bonds is 5. The second-order valence-electron chi connectivity index (χ2n) is 8.92. The number of benzene rings is 1. The molecule has 2 unspecified atom stereocenters. The predicted octanol–water partition coefficient (Wildman–Crippen LogP) is 3.42. The normalized spacial score (nSPS) is 18.4. The number of carbonyl (C=O) groups is 2. The molecule has 2 amide bonds. The van der Waals surface area contributed by atoms with E-state index in [1.54, 1.807) is 17.5 Å². The molecule has 0 aliphatic carbocycles. The van der Waals surface area contributed by atoms with Gasteiger partial charge in [-0.05, 0) is 31.2 Å². The third-order valence-electron chi connectivity index (χ3n) is 6.21. The lowest BCUT2D eigenvalue weighted by molar-refractivity contribution is -0.138. The number of thiophene rings is 1. The van der Waals surface area contributed by atoms with Crippen molar-refractivity contribution in [1.82, 2.24) is 20.5 Å². The molecule has 0 spiro atoms. The monoisotopic (exact) mass is 498 g/mol. The van der Waals surface area contributed by atoms with Crippen molar-refractivity contribution in [3.05, 3.63) is 45.9 Å². The van der Waals surface area contributed by atoms with Gasteiger partial charge in [0.25, 0.3) is 5.91 Å². The van der Waals surface area contributed by atoms with Gasteiger partial charge in [-0.3, -0.25) is 14.6 Å². The molecule has 0 bridgehead atoms. The van der Waals surface area contributed by atoms with Crippen molar-refractivity contribution in [2.24, 2.45) is 0 Å². The molecule has 9 heteroatoms. The number of nitrogens with one attached hydrogen (secondary N) is 2. The first-order chi connectivity index (χ1) is 16.4. The molecule has 0 radical (unpaired) electrons. The third kappa shape index (κ3) is 4.62. The van der Waals surface area contributed by atoms with Crippen LogP contribution in [-0.4, -0.2) is 60.0 Å². The SMILES string of the molecule is CC(=O)NC(C)Cc1cc2nccc(-c3cc(Cl)cc4c3OC(C(=O)N3CCNCC3)C4)c2s1. The molecule has 2 atom stereocenters. The lowest BCUT2D eigenvalue weighted by Gasteiger charge is -2.29. The van der Waals surface area contributed by atoms with Crippen LogP contribution in [-0.2, 0) is 22.4 Å². The standard InChI is InChI=1S/C25H27ClN4O3S/c1-14(29-15(2)31)9-18-13-21-24(34-18)19(3-4-28-21)20-12-17(26)10-16-11-22(33-23(16)20)25(32)30-7-5-27-6-8-30/h3-4,10,12-14,22,27H,5-9,11H2,1-2H3,(H,29,31). The number of pyridine rings is 1. The van der Waals surface area contributed by atoms with Crippen LogP contribution in [0.25, 0.3) is 21.3 Å². The second-order valence-corrected chi connectivity index (χ2v) is 10.5. The average Bonchev–Trinajstić information content (AvgIpc) is 3.41. The van der Waals surface area contributed by atoms with Crippen LogP contribution >= 0.6 is 22.9 Å². The Balaban J connectivity index is 1.47. The molecule has 7 nitrogen and oxygen atoms in total. The molecule has 1 aromatic carbocycles. The lowest BCUT2D eigenvalue weighted by atomic mass is 10.0. The van der Waals surface area contributed by atoms with E-state index in [1.165, 1.54) is 6.92 Å². The number of fused-ring (bicyclic) bond motifs is 2. The van der Waals surface area contributed by atoms with Gasteiger partial charge >= 0.3 is 0 Å². The van der Waals surface area contributed by atoms with E-state index in [4.69, 9.17) is 16.3 Å². The Hall–Kier alpha value is -2.68. The number of halogens is 1. The third-order valence-corrected chi connectivity index (χ3v) is 7.61. The molecule has 1 fully saturated rings. The summed E-state index contributed by atoms with van der Waals surface area (Å²) in [4.78, 5) is 32.1. The Bertz CT molecular complexity index is 1250. The van der Waals surface area contributed by atoms with Gasteiger partial charge in [0, 0.05) is 84.8 Å². The highest BCUT2D eigenvalue weighted by atomic mass is 35.5. The van der Waals surface area contributed by atoms with Crippen LogP contribution < -0.4 is 15.4 Å². The fourth-order valence-electron chi connectivity index (χ4n) is 4.75. The topological polar surface area (TPSA) is 83.6 Å². The Kier molecular flexibility index (Phi) is 6.46. The van der Waals surface area contributed by atoms with Crippen LogP contribution in [0.3, 0.4) is 0 Å². The van der Waals surface area contributed by atoms with Crippen LogP contribution in [0.2, 0.25) is 5.02 Å². The van der Waals surface area contributed by atoms with Crippen LogP contribution in [0, 0.1) is 0 Å². The summed E-state index contributed by atoms with van der Waals surface area (Å²) >= 11 is 8.18. The summed E-state index contributed by atoms with van der Waals surface area (Å²) in [5, 5.41) is 6.83. The summed E-state index contributed by atoms with van der Waals surface area (Å²) in [6, 6.07) is 7.89. The van der Waals surface area contributed by atoms with E-state index in [0.717, 1.165) is 57.0 Å². The zero-order valence-electron chi connectivity index (χ0n) is 19.2. The van der Waals surface area contributed by atoms with E-state index in [1.807, 2.05) is 30.0 Å². The molecule has 3 aromatic rings. The van der Waals surface area contributed by atoms with Crippen LogP contribution in [0.4, 0.5) is 0 Å². The first-order valence-electron chi connectivity index (χ1n) is 11.5. The molecule has 0 saturated carbocycles. The molecule has 1 saturated heterocycles. The summed E-state index contributed by atoms with van der Waals surface area (Å²) in [7, 11) is 0. The van der Waals surface area contributed by atoms with Crippen LogP contribution in [0.1, 0.15) is 24.3 Å². The van der Waals surface area contributed by atoms with Crippen molar-refractivity contribution in [3.8, 4) is 16.9 Å². The number of hydrogen-bond acceptors (Lipinski definition) is 6. The van der Waals surface area contributed by atoms with Gasteiger partial charge in [-0.1, -0.05) is 11.6 Å². The Morgan fingerprint density at radius 1 is 1.29 bits per heavy atom. The molecular weight excluding hydrogens is 472 g/mol. The highest BCUT2D eigenvalue weighted by Crippen LogP contribution is 2.44. The fourth-order valence-corrected chi connectivity index (χ4v) is 6.26. The highest BCUT2D eigenvalue weighted by Gasteiger charge is 2.35. The summed E-state index contributed by atoms with van der Waals surface area (Å²) < 4.78 is 7.33. The fraction of sp³-hybridized carbons (Fsp3) is 0.400. The summed E-state index contributed by atoms with van der Waals surface area (Å²) in [5.74, 6) is 0.723. The van der Waals surface area contributed by atoms with Crippen molar-refractivity contribution in [2.45, 2.75) is 38.8 Å². The van der Waals surface area contributed by atoms with Gasteiger partial charge in [0.2, 0.25) is 5.91 Å². The zero-order valence-corrected chi connectivity index (χ0v) is 20.8. The lowest BCUT2D eigenvalue weighted by Crippen LogP contribution is -2.50. The Morgan fingerprint density at radius 3 is 2.85 bits per heavy atom. The van der Waals surface area contributed by atoms with Crippen molar-refractivity contribution in [1.29, 1.82) is 0 Å². The van der Waals surface area contributed by atoms with Gasteiger partial charge in [-0.15, -0.1) is 11.3 Å². The van der Waals surface area contributed by atoms with E-state index in [-0.39, 0.29) is 17.9 Å². The van der Waals surface area contributed by atoms with E-state index in [2.05, 4.69) is 21.7 Å². The maximum atomic E-state index is 13.1. The number of piperazine rings is 1. The van der Waals surface area contributed by atoms with Crippen molar-refractivity contribution in [3.63, 3.8) is 0 Å². The second kappa shape index (κ2) is 9.52. The molecule has 5 rings (SSSR count). The van der Waals surface area contributed by atoms with Crippen LogP contribution in [0.15, 0.2) is 30.5 Å². The van der Waals surface area contributed by atoms with Gasteiger partial charge in [-0.25, -0.2) is 0 Å². The number of amides is 2. The van der Waals surface area contributed by atoms with Gasteiger partial charge in [-0.2, -0.15) is 0 Å². The maximum absolute atomic E-state index is 13.1. The number of hydrogen-bond donors (Lipinski definition) is 2. The highest BCUT2D eigenvalue weighted by molar-refractivity contribution is 7.19. The Labute approximate surface area is 207 Å². The van der Waals surface area contributed by atoms with Gasteiger partial charge in [0.1, 0.15) is 5.75 Å². The number of aromatic nitrogens is 1. The number of carbonyl (C=O) groups excluding carboxylic acids is 2. The van der Waals surface area contributed by atoms with E-state index in [9.17, 15) is 9.59 Å². The first-order valence-corrected chi connectivity index (χ1v) is 12.7. The molecule has 4 heterocycles. The minimum Gasteiger partial charge on any atom is -0.479 e. The van der Waals surface area contributed by atoms with E-state index in [0.29, 0.717) is 24.5 Å². The molecule has 2 aliphatic rings. The van der Waals surface area contributed by atoms with Crippen molar-refractivity contribution in [2.75, 3.05) is 26.2 Å². The minimum absolute atomic E-state index is 0.0320. The summed E-state index contributed by atoms with van der Waals surface area (Å²) in [6.45, 7) is 6.52. The average molecular weight is 499 g/mol. The van der Waals surface area contributed by atoms with Crippen molar-refractivity contribution >= 4 is 45.0 Å². The quantitative estimate of drug-likeness (QED) is 0.563. The molecule has 2 N–H and O–H groups in total. The van der Waals surface area contributed by atoms with E-state index >= 15 is 0 Å². The summed E-state index contributed by atoms with van der Waals surface area (Å²) in [5.41, 5.74) is 3.72. The number of nitrogens with zero attached hydrogens (tertiary/aromatic N) is 2. The molecule has 2 aliphatic heterocycles. The Morgan fingerprint density at radius 2 is 2.09 bits per heavy atom. The first kappa shape index (κ1) is 23.1. The molecule has 2 aromatic heterocycles. The molecule has 34 heavy (non-hydrogen) atoms. The zero-order chi connectivity index (χ0) is 23.8. The van der Waals surface area contributed by atoms with Crippen molar-refractivity contribution < 1.29 is 14.3 Å². The minimum atomic E-state index is -0.528. The van der Waals surface area contributed by atoms with Gasteiger partial charge in [0.15, 0.2) is 6.10 Å². The molecule has 178 valence electrons. The largest absolute Gasteiger partial charge is 0.479 e. The predicted molar refractivity (Wildman–Crippen MR) is 135 cm³/mol.